The molecule has 2 rings (SSSR count). The van der Waals surface area contributed by atoms with Crippen molar-refractivity contribution in [2.24, 2.45) is 0 Å². The first kappa shape index (κ1) is 13.1. The predicted molar refractivity (Wildman–Crippen MR) is 65.9 cm³/mol. The van der Waals surface area contributed by atoms with E-state index in [-0.39, 0.29) is 18.2 Å². The van der Waals surface area contributed by atoms with E-state index in [2.05, 4.69) is 0 Å². The number of rotatable bonds is 4. The summed E-state index contributed by atoms with van der Waals surface area (Å²) in [6.45, 7) is 3.39. The van der Waals surface area contributed by atoms with Crippen LogP contribution >= 0.6 is 0 Å². The minimum absolute atomic E-state index is 0.0890. The number of carbonyl (C=O) groups is 1. The average molecular weight is 264 g/mol. The molecule has 0 saturated heterocycles. The molecular weight excluding hydrogens is 251 g/mol. The van der Waals surface area contributed by atoms with Crippen LogP contribution in [0.2, 0.25) is 0 Å². The van der Waals surface area contributed by atoms with Crippen molar-refractivity contribution in [1.82, 2.24) is 0 Å². The number of ether oxygens (including phenoxy) is 1. The van der Waals surface area contributed by atoms with Crippen molar-refractivity contribution in [1.29, 1.82) is 0 Å². The topological polar surface area (TPSA) is 59.7 Å². The molecule has 19 heavy (non-hydrogen) atoms. The zero-order valence-electron chi connectivity index (χ0n) is 10.6. The zero-order valence-corrected chi connectivity index (χ0v) is 10.6. The van der Waals surface area contributed by atoms with Crippen LogP contribution in [-0.4, -0.2) is 11.1 Å². The lowest BCUT2D eigenvalue weighted by molar-refractivity contribution is 0.0657. The van der Waals surface area contributed by atoms with Crippen molar-refractivity contribution in [3.8, 4) is 5.75 Å². The summed E-state index contributed by atoms with van der Waals surface area (Å²) in [5.74, 6) is -0.577. The minimum Gasteiger partial charge on any atom is -0.486 e. The van der Waals surface area contributed by atoms with E-state index in [1.165, 1.54) is 12.1 Å². The maximum Gasteiger partial charge on any atom is 0.372 e. The highest BCUT2D eigenvalue weighted by molar-refractivity contribution is 5.86. The molecule has 1 heterocycles. The summed E-state index contributed by atoms with van der Waals surface area (Å²) in [5, 5.41) is 8.85. The van der Waals surface area contributed by atoms with Gasteiger partial charge in [-0.3, -0.25) is 0 Å². The Morgan fingerprint density at radius 3 is 2.63 bits per heavy atom. The summed E-state index contributed by atoms with van der Waals surface area (Å²) < 4.78 is 23.6. The molecule has 1 aromatic carbocycles. The van der Waals surface area contributed by atoms with Gasteiger partial charge in [-0.2, -0.15) is 0 Å². The summed E-state index contributed by atoms with van der Waals surface area (Å²) >= 11 is 0. The van der Waals surface area contributed by atoms with Crippen LogP contribution in [0, 0.1) is 19.7 Å². The quantitative estimate of drug-likeness (QED) is 0.920. The highest BCUT2D eigenvalue weighted by Gasteiger charge is 2.14. The molecule has 1 aromatic heterocycles. The number of benzene rings is 1. The maximum atomic E-state index is 13.1. The van der Waals surface area contributed by atoms with E-state index in [4.69, 9.17) is 14.3 Å². The molecule has 1 N–H and O–H groups in total. The number of hydrogen-bond donors (Lipinski definition) is 1. The van der Waals surface area contributed by atoms with Gasteiger partial charge in [-0.15, -0.1) is 0 Å². The summed E-state index contributed by atoms with van der Waals surface area (Å²) in [4.78, 5) is 10.8. The van der Waals surface area contributed by atoms with Crippen molar-refractivity contribution < 1.29 is 23.4 Å². The van der Waals surface area contributed by atoms with Crippen LogP contribution < -0.4 is 4.74 Å². The summed E-state index contributed by atoms with van der Waals surface area (Å²) in [7, 11) is 0. The lowest BCUT2D eigenvalue weighted by Gasteiger charge is -2.05. The SMILES string of the molecule is Cc1cc(OCc2cc(C)c(C(=O)O)o2)ccc1F. The van der Waals surface area contributed by atoms with Gasteiger partial charge in [-0.1, -0.05) is 0 Å². The monoisotopic (exact) mass is 264 g/mol. The first-order valence-electron chi connectivity index (χ1n) is 5.69. The molecule has 0 unspecified atom stereocenters. The van der Waals surface area contributed by atoms with Crippen LogP contribution in [-0.2, 0) is 6.61 Å². The van der Waals surface area contributed by atoms with Gasteiger partial charge in [0.25, 0.3) is 0 Å². The summed E-state index contributed by atoms with van der Waals surface area (Å²) in [5.41, 5.74) is 1.03. The van der Waals surface area contributed by atoms with Crippen molar-refractivity contribution in [3.63, 3.8) is 0 Å². The standard InChI is InChI=1S/C14H13FO4/c1-8-5-10(3-4-12(8)15)18-7-11-6-9(2)13(19-11)14(16)17/h3-6H,7H2,1-2H3,(H,16,17). The molecule has 0 radical (unpaired) electrons. The van der Waals surface area contributed by atoms with E-state index in [1.54, 1.807) is 26.0 Å². The van der Waals surface area contributed by atoms with Crippen molar-refractivity contribution in [2.75, 3.05) is 0 Å². The van der Waals surface area contributed by atoms with E-state index in [9.17, 15) is 9.18 Å². The van der Waals surface area contributed by atoms with Crippen LogP contribution in [0.25, 0.3) is 0 Å². The Labute approximate surface area is 109 Å². The van der Waals surface area contributed by atoms with Crippen LogP contribution in [0.4, 0.5) is 4.39 Å². The normalized spacial score (nSPS) is 10.5. The summed E-state index contributed by atoms with van der Waals surface area (Å²) in [6.07, 6.45) is 0. The second-order valence-corrected chi connectivity index (χ2v) is 4.23. The molecular formula is C14H13FO4. The van der Waals surface area contributed by atoms with Gasteiger partial charge in [0.05, 0.1) is 0 Å². The molecule has 0 fully saturated rings. The number of hydrogen-bond acceptors (Lipinski definition) is 3. The Bertz CT molecular complexity index is 616. The minimum atomic E-state index is -1.11. The number of aryl methyl sites for hydroxylation is 2. The van der Waals surface area contributed by atoms with E-state index in [0.29, 0.717) is 22.6 Å². The molecule has 0 saturated carbocycles. The Morgan fingerprint density at radius 2 is 2.05 bits per heavy atom. The van der Waals surface area contributed by atoms with Gasteiger partial charge in [0.1, 0.15) is 23.9 Å². The van der Waals surface area contributed by atoms with Gasteiger partial charge < -0.3 is 14.3 Å². The predicted octanol–water partition coefficient (Wildman–Crippen LogP) is 3.31. The third-order valence-electron chi connectivity index (χ3n) is 2.67. The second kappa shape index (κ2) is 5.14. The number of aromatic carboxylic acids is 1. The fourth-order valence-electron chi connectivity index (χ4n) is 1.69. The Balaban J connectivity index is 2.08. The van der Waals surface area contributed by atoms with Crippen molar-refractivity contribution >= 4 is 5.97 Å². The molecule has 2 aromatic rings. The van der Waals surface area contributed by atoms with Gasteiger partial charge in [0.15, 0.2) is 0 Å². The van der Waals surface area contributed by atoms with Gasteiger partial charge in [-0.25, -0.2) is 9.18 Å². The first-order valence-corrected chi connectivity index (χ1v) is 5.69. The van der Waals surface area contributed by atoms with Crippen LogP contribution in [0.1, 0.15) is 27.4 Å². The van der Waals surface area contributed by atoms with Crippen molar-refractivity contribution in [3.05, 3.63) is 52.7 Å². The van der Waals surface area contributed by atoms with Gasteiger partial charge in [0.2, 0.25) is 5.76 Å². The van der Waals surface area contributed by atoms with E-state index < -0.39 is 5.97 Å². The van der Waals surface area contributed by atoms with E-state index in [0.717, 1.165) is 0 Å². The summed E-state index contributed by atoms with van der Waals surface area (Å²) in [6, 6.07) is 6.01. The van der Waals surface area contributed by atoms with E-state index >= 15 is 0 Å². The molecule has 0 spiro atoms. The fourth-order valence-corrected chi connectivity index (χ4v) is 1.69. The van der Waals surface area contributed by atoms with Crippen LogP contribution in [0.5, 0.6) is 5.75 Å². The van der Waals surface area contributed by atoms with Crippen LogP contribution in [0.15, 0.2) is 28.7 Å². The van der Waals surface area contributed by atoms with E-state index in [1.807, 2.05) is 0 Å². The van der Waals surface area contributed by atoms with Gasteiger partial charge >= 0.3 is 5.97 Å². The molecule has 0 amide bonds. The van der Waals surface area contributed by atoms with Gasteiger partial charge in [-0.05, 0) is 43.7 Å². The lowest BCUT2D eigenvalue weighted by atomic mass is 10.2. The smallest absolute Gasteiger partial charge is 0.372 e. The maximum absolute atomic E-state index is 13.1. The molecule has 0 aliphatic carbocycles. The molecule has 0 atom stereocenters. The highest BCUT2D eigenvalue weighted by atomic mass is 19.1. The molecule has 100 valence electrons. The molecule has 5 heteroatoms. The lowest BCUT2D eigenvalue weighted by Crippen LogP contribution is -1.96. The number of carboxylic acid groups (broad SMARTS) is 1. The molecule has 4 nitrogen and oxygen atoms in total. The number of furan rings is 1. The molecule has 0 bridgehead atoms. The molecule has 0 aliphatic rings. The zero-order chi connectivity index (χ0) is 14.0. The van der Waals surface area contributed by atoms with Gasteiger partial charge in [0, 0.05) is 5.56 Å². The fraction of sp³-hybridized carbons (Fsp3) is 0.214. The van der Waals surface area contributed by atoms with Crippen LogP contribution in [0.3, 0.4) is 0 Å². The Morgan fingerprint density at radius 1 is 1.32 bits per heavy atom. The molecule has 0 aliphatic heterocycles. The Hall–Kier alpha value is -2.30. The van der Waals surface area contributed by atoms with Crippen molar-refractivity contribution in [2.45, 2.75) is 20.5 Å². The largest absolute Gasteiger partial charge is 0.486 e. The highest BCUT2D eigenvalue weighted by Crippen LogP contribution is 2.19. The Kier molecular flexibility index (Phi) is 3.55. The third kappa shape index (κ3) is 2.93. The first-order chi connectivity index (χ1) is 8.97. The number of halogens is 1. The second-order valence-electron chi connectivity index (χ2n) is 4.23. The number of carboxylic acids is 1. The third-order valence-corrected chi connectivity index (χ3v) is 2.67. The average Bonchev–Trinajstić information content (AvgIpc) is 2.72.